The van der Waals surface area contributed by atoms with Gasteiger partial charge in [0.25, 0.3) is 0 Å². The van der Waals surface area contributed by atoms with E-state index in [9.17, 15) is 5.11 Å². The van der Waals surface area contributed by atoms with Crippen LogP contribution in [-0.4, -0.2) is 10.1 Å². The molecule has 0 aliphatic heterocycles. The topological polar surface area (TPSA) is 33.1 Å². The Balaban J connectivity index is 2.02. The molecule has 0 aliphatic rings. The van der Waals surface area contributed by atoms with Crippen LogP contribution in [0.2, 0.25) is 0 Å². The van der Waals surface area contributed by atoms with Gasteiger partial charge in [0.05, 0.1) is 10.2 Å². The molecule has 4 heteroatoms. The van der Waals surface area contributed by atoms with E-state index in [1.165, 1.54) is 11.3 Å². The van der Waals surface area contributed by atoms with E-state index in [2.05, 4.69) is 4.98 Å². The van der Waals surface area contributed by atoms with E-state index in [-0.39, 0.29) is 0 Å². The molecule has 0 saturated heterocycles. The first kappa shape index (κ1) is 13.6. The number of halogens is 1. The molecule has 0 aliphatic carbocycles. The Morgan fingerprint density at radius 2 is 1.75 bits per heavy atom. The van der Waals surface area contributed by atoms with E-state index in [0.29, 0.717) is 0 Å². The number of alkyl halides is 1. The van der Waals surface area contributed by atoms with Crippen LogP contribution in [0.15, 0.2) is 54.6 Å². The quantitative estimate of drug-likeness (QED) is 0.723. The highest BCUT2D eigenvalue weighted by atomic mass is 35.5. The fourth-order valence-electron chi connectivity index (χ4n) is 2.15. The highest BCUT2D eigenvalue weighted by molar-refractivity contribution is 7.18. The lowest BCUT2D eigenvalue weighted by molar-refractivity contribution is 0.132. The molecule has 2 atom stereocenters. The fraction of sp³-hybridized carbons (Fsp3) is 0.188. The number of fused-ring (bicyclic) bond motifs is 1. The minimum absolute atomic E-state index is 0.733. The number of thiazole rings is 1. The van der Waals surface area contributed by atoms with Crippen molar-refractivity contribution < 1.29 is 5.11 Å². The first-order valence-electron chi connectivity index (χ1n) is 6.37. The van der Waals surface area contributed by atoms with E-state index in [0.717, 1.165) is 20.8 Å². The van der Waals surface area contributed by atoms with Crippen LogP contribution in [-0.2, 0) is 4.87 Å². The van der Waals surface area contributed by atoms with Crippen molar-refractivity contribution in [2.45, 2.75) is 17.9 Å². The molecule has 0 spiro atoms. The van der Waals surface area contributed by atoms with Crippen molar-refractivity contribution in [3.8, 4) is 0 Å². The predicted octanol–water partition coefficient (Wildman–Crippen LogP) is 4.48. The monoisotopic (exact) mass is 303 g/mol. The Morgan fingerprint density at radius 3 is 2.45 bits per heavy atom. The van der Waals surface area contributed by atoms with Gasteiger partial charge in [-0.25, -0.2) is 4.98 Å². The van der Waals surface area contributed by atoms with Crippen molar-refractivity contribution in [3.63, 3.8) is 0 Å². The number of para-hydroxylation sites is 1. The van der Waals surface area contributed by atoms with Crippen LogP contribution >= 0.6 is 22.9 Å². The van der Waals surface area contributed by atoms with Gasteiger partial charge >= 0.3 is 0 Å². The smallest absolute Gasteiger partial charge is 0.123 e. The molecule has 20 heavy (non-hydrogen) atoms. The van der Waals surface area contributed by atoms with Crippen LogP contribution in [0.4, 0.5) is 0 Å². The fourth-order valence-corrected chi connectivity index (χ4v) is 3.46. The van der Waals surface area contributed by atoms with Gasteiger partial charge in [0.15, 0.2) is 0 Å². The first-order valence-corrected chi connectivity index (χ1v) is 7.56. The van der Waals surface area contributed by atoms with Gasteiger partial charge in [-0.3, -0.25) is 0 Å². The maximum atomic E-state index is 10.6. The molecular weight excluding hydrogens is 290 g/mol. The lowest BCUT2D eigenvalue weighted by Gasteiger charge is -2.26. The molecule has 2 nitrogen and oxygen atoms in total. The molecular formula is C16H14ClNOS. The minimum atomic E-state index is -0.939. The van der Waals surface area contributed by atoms with Crippen LogP contribution in [0.1, 0.15) is 23.6 Å². The van der Waals surface area contributed by atoms with Gasteiger partial charge in [-0.1, -0.05) is 42.5 Å². The molecule has 2 aromatic carbocycles. The largest absolute Gasteiger partial charge is 0.386 e. The maximum absolute atomic E-state index is 10.6. The average Bonchev–Trinajstić information content (AvgIpc) is 2.92. The summed E-state index contributed by atoms with van der Waals surface area (Å²) in [7, 11) is 0. The van der Waals surface area contributed by atoms with Gasteiger partial charge in [-0.05, 0) is 24.6 Å². The van der Waals surface area contributed by atoms with Gasteiger partial charge in [0.2, 0.25) is 0 Å². The van der Waals surface area contributed by atoms with Crippen molar-refractivity contribution in [3.05, 3.63) is 65.2 Å². The first-order chi connectivity index (χ1) is 9.59. The van der Waals surface area contributed by atoms with Crippen molar-refractivity contribution in [2.75, 3.05) is 0 Å². The summed E-state index contributed by atoms with van der Waals surface area (Å²) in [6, 6.07) is 17.3. The van der Waals surface area contributed by atoms with Crippen molar-refractivity contribution >= 4 is 33.2 Å². The number of benzene rings is 2. The molecule has 0 unspecified atom stereocenters. The molecule has 3 aromatic rings. The van der Waals surface area contributed by atoms with Crippen molar-refractivity contribution in [1.29, 1.82) is 0 Å². The normalized spacial score (nSPS) is 15.9. The Labute approximate surface area is 126 Å². The Morgan fingerprint density at radius 1 is 1.10 bits per heavy atom. The van der Waals surface area contributed by atoms with E-state index in [1.54, 1.807) is 0 Å². The van der Waals surface area contributed by atoms with Gasteiger partial charge in [0.1, 0.15) is 16.0 Å². The number of hydrogen-bond acceptors (Lipinski definition) is 3. The lowest BCUT2D eigenvalue weighted by atomic mass is 9.97. The van der Waals surface area contributed by atoms with Crippen LogP contribution in [0, 0.1) is 0 Å². The highest BCUT2D eigenvalue weighted by Gasteiger charge is 2.36. The third-order valence-corrected chi connectivity index (χ3v) is 5.11. The summed E-state index contributed by atoms with van der Waals surface area (Å²) in [6.45, 7) is 1.81. The van der Waals surface area contributed by atoms with Gasteiger partial charge < -0.3 is 5.11 Å². The number of aliphatic hydroxyl groups is 1. The van der Waals surface area contributed by atoms with Gasteiger partial charge in [0, 0.05) is 0 Å². The second-order valence-electron chi connectivity index (χ2n) is 4.88. The molecule has 0 fully saturated rings. The Hall–Kier alpha value is -1.42. The summed E-state index contributed by atoms with van der Waals surface area (Å²) in [6.07, 6.45) is -0.800. The molecule has 102 valence electrons. The minimum Gasteiger partial charge on any atom is -0.386 e. The molecule has 0 amide bonds. The van der Waals surface area contributed by atoms with Crippen LogP contribution < -0.4 is 0 Å². The zero-order valence-corrected chi connectivity index (χ0v) is 12.5. The molecule has 0 radical (unpaired) electrons. The number of nitrogens with zero attached hydrogens (tertiary/aromatic N) is 1. The van der Waals surface area contributed by atoms with Gasteiger partial charge in [-0.15, -0.1) is 22.9 Å². The third-order valence-electron chi connectivity index (χ3n) is 3.34. The van der Waals surface area contributed by atoms with Crippen molar-refractivity contribution in [1.82, 2.24) is 4.98 Å². The summed E-state index contributed by atoms with van der Waals surface area (Å²) in [4.78, 5) is 3.62. The third kappa shape index (κ3) is 2.33. The van der Waals surface area contributed by atoms with Crippen LogP contribution in [0.25, 0.3) is 10.2 Å². The average molecular weight is 304 g/mol. The molecule has 1 heterocycles. The number of hydrogen-bond donors (Lipinski definition) is 1. The van der Waals surface area contributed by atoms with Crippen LogP contribution in [0.3, 0.4) is 0 Å². The van der Waals surface area contributed by atoms with Crippen LogP contribution in [0.5, 0.6) is 0 Å². The second-order valence-corrected chi connectivity index (χ2v) is 6.69. The second kappa shape index (κ2) is 5.17. The molecule has 1 aromatic heterocycles. The van der Waals surface area contributed by atoms with E-state index in [4.69, 9.17) is 11.6 Å². The van der Waals surface area contributed by atoms with E-state index >= 15 is 0 Å². The lowest BCUT2D eigenvalue weighted by Crippen LogP contribution is -2.23. The molecule has 1 N–H and O–H groups in total. The predicted molar refractivity (Wildman–Crippen MR) is 84.2 cm³/mol. The van der Waals surface area contributed by atoms with Gasteiger partial charge in [-0.2, -0.15) is 0 Å². The number of aromatic nitrogens is 1. The summed E-state index contributed by atoms with van der Waals surface area (Å²) >= 11 is 8.14. The Bertz CT molecular complexity index is 690. The zero-order chi connectivity index (χ0) is 14.2. The van der Waals surface area contributed by atoms with E-state index in [1.807, 2.05) is 61.5 Å². The van der Waals surface area contributed by atoms with E-state index < -0.39 is 11.0 Å². The highest BCUT2D eigenvalue weighted by Crippen LogP contribution is 2.43. The summed E-state index contributed by atoms with van der Waals surface area (Å²) in [5.41, 5.74) is 1.71. The standard InChI is InChI=1S/C16H14ClNOS/c1-16(17,14(19)11-7-3-2-4-8-11)15-18-12-9-5-6-10-13(12)20-15/h2-10,14,19H,1H3/t14-,16+/m0/s1. The number of rotatable bonds is 3. The summed E-state index contributed by atoms with van der Waals surface area (Å²) in [5.74, 6) is 0. The van der Waals surface area contributed by atoms with Crippen molar-refractivity contribution in [2.24, 2.45) is 0 Å². The molecule has 0 saturated carbocycles. The maximum Gasteiger partial charge on any atom is 0.123 e. The Kier molecular flexibility index (Phi) is 3.50. The molecule has 0 bridgehead atoms. The summed E-state index contributed by atoms with van der Waals surface area (Å²) < 4.78 is 1.08. The number of aliphatic hydroxyl groups excluding tert-OH is 1. The summed E-state index contributed by atoms with van der Waals surface area (Å²) in [5, 5.41) is 11.3. The SMILES string of the molecule is C[C@](Cl)(c1nc2ccccc2s1)[C@@H](O)c1ccccc1. The zero-order valence-electron chi connectivity index (χ0n) is 11.0. The molecule has 3 rings (SSSR count).